The first-order valence-electron chi connectivity index (χ1n) is 9.36. The van der Waals surface area contributed by atoms with Crippen LogP contribution in [0.3, 0.4) is 0 Å². The fraction of sp³-hybridized carbons (Fsp3) is 0.450. The molecule has 8 heteroatoms. The summed E-state index contributed by atoms with van der Waals surface area (Å²) >= 11 is 0. The third-order valence-electron chi connectivity index (χ3n) is 4.97. The molecule has 28 heavy (non-hydrogen) atoms. The maximum atomic E-state index is 12.6. The van der Waals surface area contributed by atoms with Crippen molar-refractivity contribution < 1.29 is 19.1 Å². The van der Waals surface area contributed by atoms with Crippen LogP contribution in [-0.4, -0.2) is 60.5 Å². The predicted octanol–water partition coefficient (Wildman–Crippen LogP) is 1.64. The molecule has 0 unspecified atom stereocenters. The average molecular weight is 386 g/mol. The van der Waals surface area contributed by atoms with E-state index in [9.17, 15) is 9.59 Å². The molecule has 1 fully saturated rings. The Morgan fingerprint density at radius 3 is 2.89 bits per heavy atom. The lowest BCUT2D eigenvalue weighted by Gasteiger charge is -2.33. The Hall–Kier alpha value is -3.03. The van der Waals surface area contributed by atoms with Crippen molar-refractivity contribution in [2.24, 2.45) is 5.92 Å². The molecule has 1 atom stereocenters. The predicted molar refractivity (Wildman–Crippen MR) is 103 cm³/mol. The van der Waals surface area contributed by atoms with Gasteiger partial charge in [-0.15, -0.1) is 0 Å². The second-order valence-electron chi connectivity index (χ2n) is 6.85. The fourth-order valence-corrected chi connectivity index (χ4v) is 3.51. The maximum absolute atomic E-state index is 12.6. The van der Waals surface area contributed by atoms with Gasteiger partial charge in [-0.2, -0.15) is 0 Å². The number of amides is 2. The lowest BCUT2D eigenvalue weighted by molar-refractivity contribution is -0.132. The molecule has 2 heterocycles. The summed E-state index contributed by atoms with van der Waals surface area (Å²) in [5, 5.41) is 2.97. The van der Waals surface area contributed by atoms with E-state index in [1.807, 2.05) is 4.90 Å². The van der Waals surface area contributed by atoms with Crippen molar-refractivity contribution in [2.45, 2.75) is 19.3 Å². The minimum atomic E-state index is -0.211. The van der Waals surface area contributed by atoms with Crippen LogP contribution in [0.2, 0.25) is 0 Å². The van der Waals surface area contributed by atoms with Gasteiger partial charge in [-0.3, -0.25) is 9.59 Å². The number of nitrogens with one attached hydrogen (secondary N) is 2. The zero-order valence-electron chi connectivity index (χ0n) is 16.2. The first-order valence-corrected chi connectivity index (χ1v) is 9.36. The van der Waals surface area contributed by atoms with E-state index >= 15 is 0 Å². The Balaban J connectivity index is 1.55. The normalized spacial score (nSPS) is 16.5. The number of H-pyrrole nitrogens is 1. The molecule has 2 aromatic rings. The van der Waals surface area contributed by atoms with Crippen LogP contribution >= 0.6 is 0 Å². The quantitative estimate of drug-likeness (QED) is 0.754. The Labute approximate surface area is 164 Å². The number of hydrogen-bond acceptors (Lipinski definition) is 5. The summed E-state index contributed by atoms with van der Waals surface area (Å²) in [6.45, 7) is 1.90. The number of ether oxygens (including phenoxy) is 2. The number of hydrogen-bond donors (Lipinski definition) is 2. The minimum Gasteiger partial charge on any atom is -0.493 e. The molecule has 1 saturated heterocycles. The molecule has 2 N–H and O–H groups in total. The molecule has 0 saturated carbocycles. The van der Waals surface area contributed by atoms with Gasteiger partial charge in [0.1, 0.15) is 0 Å². The van der Waals surface area contributed by atoms with Crippen LogP contribution in [0.1, 0.15) is 28.9 Å². The Morgan fingerprint density at radius 1 is 1.32 bits per heavy atom. The van der Waals surface area contributed by atoms with Gasteiger partial charge in [0.2, 0.25) is 5.91 Å². The number of rotatable bonds is 7. The fourth-order valence-electron chi connectivity index (χ4n) is 3.51. The van der Waals surface area contributed by atoms with Gasteiger partial charge in [-0.25, -0.2) is 4.98 Å². The highest BCUT2D eigenvalue weighted by molar-refractivity contribution is 5.97. The topological polar surface area (TPSA) is 96.5 Å². The average Bonchev–Trinajstić information content (AvgIpc) is 3.24. The van der Waals surface area contributed by atoms with E-state index in [1.54, 1.807) is 30.7 Å². The first-order chi connectivity index (χ1) is 13.6. The smallest absolute Gasteiger partial charge is 0.255 e. The van der Waals surface area contributed by atoms with Crippen molar-refractivity contribution in [1.82, 2.24) is 20.2 Å². The van der Waals surface area contributed by atoms with E-state index in [0.29, 0.717) is 36.6 Å². The number of likely N-dealkylation sites (tertiary alicyclic amines) is 1. The summed E-state index contributed by atoms with van der Waals surface area (Å²) in [6.07, 6.45) is 5.46. The second-order valence-corrected chi connectivity index (χ2v) is 6.85. The van der Waals surface area contributed by atoms with Crippen LogP contribution < -0.4 is 14.8 Å². The van der Waals surface area contributed by atoms with Crippen LogP contribution in [0.4, 0.5) is 0 Å². The zero-order chi connectivity index (χ0) is 19.9. The molecule has 1 aromatic heterocycles. The standard InChI is InChI=1S/C20H26N4O4/c1-27-17-7-3-6-16(19(17)28-2)20(26)22-10-14-5-4-8-24(12-14)18(25)9-15-11-21-13-23-15/h3,6-7,11,13-14H,4-5,8-10,12H2,1-2H3,(H,21,23)(H,22,26)/t14-/m0/s1. The molecule has 150 valence electrons. The molecule has 0 radical (unpaired) electrons. The number of para-hydroxylation sites is 1. The van der Waals surface area contributed by atoms with Gasteiger partial charge in [0.15, 0.2) is 11.5 Å². The van der Waals surface area contributed by atoms with Gasteiger partial charge in [0, 0.05) is 31.5 Å². The van der Waals surface area contributed by atoms with E-state index in [2.05, 4.69) is 15.3 Å². The van der Waals surface area contributed by atoms with Crippen molar-refractivity contribution in [2.75, 3.05) is 33.9 Å². The SMILES string of the molecule is COc1cccc(C(=O)NC[C@@H]2CCCN(C(=O)Cc3cnc[nH]3)C2)c1OC. The lowest BCUT2D eigenvalue weighted by atomic mass is 9.97. The zero-order valence-corrected chi connectivity index (χ0v) is 16.2. The van der Waals surface area contributed by atoms with Gasteiger partial charge >= 0.3 is 0 Å². The number of carbonyl (C=O) groups excluding carboxylic acids is 2. The van der Waals surface area contributed by atoms with Gasteiger partial charge < -0.3 is 24.7 Å². The molecular weight excluding hydrogens is 360 g/mol. The van der Waals surface area contributed by atoms with E-state index in [4.69, 9.17) is 9.47 Å². The summed E-state index contributed by atoms with van der Waals surface area (Å²) in [5.74, 6) is 1.03. The highest BCUT2D eigenvalue weighted by Gasteiger charge is 2.25. The first kappa shape index (κ1) is 19.7. The molecule has 1 aromatic carbocycles. The van der Waals surface area contributed by atoms with Crippen LogP contribution in [0.25, 0.3) is 0 Å². The molecule has 1 aliphatic heterocycles. The number of benzene rings is 1. The molecule has 2 amide bonds. The van der Waals surface area contributed by atoms with E-state index in [1.165, 1.54) is 14.2 Å². The minimum absolute atomic E-state index is 0.0785. The number of imidazole rings is 1. The molecule has 0 spiro atoms. The van der Waals surface area contributed by atoms with Crippen molar-refractivity contribution in [3.05, 3.63) is 42.0 Å². The molecule has 3 rings (SSSR count). The van der Waals surface area contributed by atoms with Crippen LogP contribution in [0, 0.1) is 5.92 Å². The molecule has 0 bridgehead atoms. The van der Waals surface area contributed by atoms with Crippen LogP contribution in [0.15, 0.2) is 30.7 Å². The third-order valence-corrected chi connectivity index (χ3v) is 4.97. The Bertz CT molecular complexity index is 807. The van der Waals surface area contributed by atoms with E-state index in [0.717, 1.165) is 25.1 Å². The Kier molecular flexibility index (Phi) is 6.52. The number of aromatic amines is 1. The summed E-state index contributed by atoms with van der Waals surface area (Å²) in [6, 6.07) is 5.21. The Morgan fingerprint density at radius 2 is 2.18 bits per heavy atom. The number of piperidine rings is 1. The number of carbonyl (C=O) groups is 2. The van der Waals surface area contributed by atoms with Gasteiger partial charge in [0.25, 0.3) is 5.91 Å². The van der Waals surface area contributed by atoms with E-state index < -0.39 is 0 Å². The van der Waals surface area contributed by atoms with Crippen molar-refractivity contribution in [3.8, 4) is 11.5 Å². The largest absolute Gasteiger partial charge is 0.493 e. The summed E-state index contributed by atoms with van der Waals surface area (Å²) in [7, 11) is 3.05. The van der Waals surface area contributed by atoms with Crippen LogP contribution in [0.5, 0.6) is 11.5 Å². The van der Waals surface area contributed by atoms with Gasteiger partial charge in [-0.05, 0) is 30.9 Å². The van der Waals surface area contributed by atoms with Crippen molar-refractivity contribution >= 4 is 11.8 Å². The molecule has 1 aliphatic rings. The van der Waals surface area contributed by atoms with Crippen molar-refractivity contribution in [3.63, 3.8) is 0 Å². The highest BCUT2D eigenvalue weighted by Crippen LogP contribution is 2.30. The summed E-state index contributed by atoms with van der Waals surface area (Å²) in [5.41, 5.74) is 1.25. The highest BCUT2D eigenvalue weighted by atomic mass is 16.5. The molecular formula is C20H26N4O4. The number of methoxy groups -OCH3 is 2. The van der Waals surface area contributed by atoms with E-state index in [-0.39, 0.29) is 17.7 Å². The van der Waals surface area contributed by atoms with Gasteiger partial charge in [0.05, 0.1) is 32.5 Å². The number of aromatic nitrogens is 2. The van der Waals surface area contributed by atoms with Crippen molar-refractivity contribution in [1.29, 1.82) is 0 Å². The number of nitrogens with zero attached hydrogens (tertiary/aromatic N) is 2. The monoisotopic (exact) mass is 386 g/mol. The third kappa shape index (κ3) is 4.62. The van der Waals surface area contributed by atoms with Gasteiger partial charge in [-0.1, -0.05) is 6.07 Å². The molecule has 0 aliphatic carbocycles. The molecule has 8 nitrogen and oxygen atoms in total. The van der Waals surface area contributed by atoms with Crippen LogP contribution in [-0.2, 0) is 11.2 Å². The summed E-state index contributed by atoms with van der Waals surface area (Å²) in [4.78, 5) is 33.9. The lowest BCUT2D eigenvalue weighted by Crippen LogP contribution is -2.44. The maximum Gasteiger partial charge on any atom is 0.255 e. The summed E-state index contributed by atoms with van der Waals surface area (Å²) < 4.78 is 10.6. The second kappa shape index (κ2) is 9.25.